The van der Waals surface area contributed by atoms with Crippen LogP contribution in [0.3, 0.4) is 0 Å². The molecule has 2 rings (SSSR count). The number of aromatic nitrogens is 1. The molecule has 5 heteroatoms. The van der Waals surface area contributed by atoms with E-state index in [2.05, 4.69) is 11.9 Å². The number of nitrogens with zero attached hydrogens (tertiary/aromatic N) is 1. The maximum atomic E-state index is 12.3. The van der Waals surface area contributed by atoms with Crippen molar-refractivity contribution in [2.24, 2.45) is 0 Å². The number of hydrogen-bond acceptors (Lipinski definition) is 3. The molecule has 0 spiro atoms. The molecular weight excluding hydrogens is 268 g/mol. The van der Waals surface area contributed by atoms with E-state index in [-0.39, 0.29) is 5.69 Å². The maximum absolute atomic E-state index is 12.3. The van der Waals surface area contributed by atoms with Gasteiger partial charge in [-0.3, -0.25) is 14.9 Å². The van der Waals surface area contributed by atoms with Crippen LogP contribution in [-0.4, -0.2) is 9.91 Å². The molecule has 0 unspecified atom stereocenters. The molecule has 0 atom stereocenters. The van der Waals surface area contributed by atoms with Crippen LogP contribution in [-0.2, 0) is 6.42 Å². The normalized spacial score (nSPS) is 10.9. The largest absolute Gasteiger partial charge is 0.353 e. The third-order valence-corrected chi connectivity index (χ3v) is 3.67. The maximum Gasteiger partial charge on any atom is 0.335 e. The number of H-pyrrole nitrogens is 1. The predicted molar refractivity (Wildman–Crippen MR) is 83.7 cm³/mol. The molecule has 0 aliphatic carbocycles. The van der Waals surface area contributed by atoms with Crippen LogP contribution in [0.5, 0.6) is 0 Å². The van der Waals surface area contributed by atoms with Crippen molar-refractivity contribution < 1.29 is 4.92 Å². The van der Waals surface area contributed by atoms with E-state index in [0.29, 0.717) is 23.0 Å². The summed E-state index contributed by atoms with van der Waals surface area (Å²) in [5, 5.41) is 11.6. The van der Waals surface area contributed by atoms with Crippen LogP contribution < -0.4 is 5.43 Å². The van der Waals surface area contributed by atoms with Crippen LogP contribution in [0.2, 0.25) is 0 Å². The van der Waals surface area contributed by atoms with Crippen molar-refractivity contribution in [2.75, 3.05) is 0 Å². The third kappa shape index (κ3) is 3.48. The number of hydrogen-bond donors (Lipinski definition) is 1. The van der Waals surface area contributed by atoms with E-state index in [0.717, 1.165) is 25.7 Å². The Balaban J connectivity index is 2.31. The van der Waals surface area contributed by atoms with Crippen molar-refractivity contribution in [1.29, 1.82) is 0 Å². The average molecular weight is 288 g/mol. The molecule has 1 heterocycles. The minimum Gasteiger partial charge on any atom is -0.353 e. The minimum atomic E-state index is -0.563. The monoisotopic (exact) mass is 288 g/mol. The summed E-state index contributed by atoms with van der Waals surface area (Å²) in [5.41, 5.74) is 0.318. The zero-order valence-corrected chi connectivity index (χ0v) is 12.2. The van der Waals surface area contributed by atoms with E-state index in [1.807, 2.05) is 6.07 Å². The van der Waals surface area contributed by atoms with E-state index < -0.39 is 10.4 Å². The van der Waals surface area contributed by atoms with E-state index in [1.165, 1.54) is 6.42 Å². The fourth-order valence-corrected chi connectivity index (χ4v) is 2.56. The van der Waals surface area contributed by atoms with Gasteiger partial charge in [0.25, 0.3) is 5.43 Å². The summed E-state index contributed by atoms with van der Waals surface area (Å²) in [7, 11) is 0. The number of unbranched alkanes of at least 4 members (excludes halogenated alkanes) is 4. The van der Waals surface area contributed by atoms with Crippen molar-refractivity contribution in [3.8, 4) is 0 Å². The van der Waals surface area contributed by atoms with E-state index in [1.54, 1.807) is 18.2 Å². The highest BCUT2D eigenvalue weighted by Crippen LogP contribution is 2.19. The summed E-state index contributed by atoms with van der Waals surface area (Å²) in [6.45, 7) is 2.14. The zero-order chi connectivity index (χ0) is 15.2. The highest BCUT2D eigenvalue weighted by Gasteiger charge is 2.21. The Bertz CT molecular complexity index is 691. The van der Waals surface area contributed by atoms with E-state index >= 15 is 0 Å². The van der Waals surface area contributed by atoms with Crippen LogP contribution in [0.25, 0.3) is 10.9 Å². The molecule has 0 aliphatic rings. The Morgan fingerprint density at radius 2 is 1.86 bits per heavy atom. The summed E-state index contributed by atoms with van der Waals surface area (Å²) in [5.74, 6) is 0. The molecule has 0 saturated heterocycles. The number of nitro groups is 1. The molecule has 21 heavy (non-hydrogen) atoms. The molecule has 0 radical (unpaired) electrons. The Kier molecular flexibility index (Phi) is 5.09. The SMILES string of the molecule is CCCCCCCc1[nH]c2ccccc2c(=O)c1[N+](=O)[O-]. The summed E-state index contributed by atoms with van der Waals surface area (Å²) in [6.07, 6.45) is 5.89. The lowest BCUT2D eigenvalue weighted by molar-refractivity contribution is -0.386. The molecule has 0 saturated carbocycles. The molecule has 1 aromatic heterocycles. The quantitative estimate of drug-likeness (QED) is 0.476. The highest BCUT2D eigenvalue weighted by molar-refractivity contribution is 5.81. The first kappa shape index (κ1) is 15.2. The standard InChI is InChI=1S/C16H20N2O3/c1-2-3-4-5-6-11-14-15(18(20)21)16(19)12-9-7-8-10-13(12)17-14/h7-10H,2-6,11H2,1H3,(H,17,19). The first-order valence-corrected chi connectivity index (χ1v) is 7.43. The molecule has 5 nitrogen and oxygen atoms in total. The van der Waals surface area contributed by atoms with Crippen molar-refractivity contribution in [2.45, 2.75) is 45.4 Å². The van der Waals surface area contributed by atoms with Gasteiger partial charge in [-0.05, 0) is 25.0 Å². The Hall–Kier alpha value is -2.17. The summed E-state index contributed by atoms with van der Waals surface area (Å²) >= 11 is 0. The molecule has 1 N–H and O–H groups in total. The predicted octanol–water partition coefficient (Wildman–Crippen LogP) is 3.95. The van der Waals surface area contributed by atoms with E-state index in [9.17, 15) is 14.9 Å². The first-order valence-electron chi connectivity index (χ1n) is 7.43. The van der Waals surface area contributed by atoms with Gasteiger partial charge in [0.2, 0.25) is 0 Å². The lowest BCUT2D eigenvalue weighted by Gasteiger charge is -2.06. The number of fused-ring (bicyclic) bond motifs is 1. The van der Waals surface area contributed by atoms with Gasteiger partial charge in [0.1, 0.15) is 0 Å². The lowest BCUT2D eigenvalue weighted by atomic mass is 10.1. The number of aromatic amines is 1. The molecule has 0 fully saturated rings. The van der Waals surface area contributed by atoms with Gasteiger partial charge >= 0.3 is 5.69 Å². The average Bonchev–Trinajstić information content (AvgIpc) is 2.47. The van der Waals surface area contributed by atoms with Gasteiger partial charge < -0.3 is 4.98 Å². The van der Waals surface area contributed by atoms with Crippen molar-refractivity contribution >= 4 is 16.6 Å². The number of benzene rings is 1. The number of nitrogens with one attached hydrogen (secondary N) is 1. The van der Waals surface area contributed by atoms with Crippen LogP contribution in [0, 0.1) is 10.1 Å². The number of rotatable bonds is 7. The smallest absolute Gasteiger partial charge is 0.335 e. The number of aryl methyl sites for hydroxylation is 1. The molecule has 0 bridgehead atoms. The van der Waals surface area contributed by atoms with Gasteiger partial charge in [-0.2, -0.15) is 0 Å². The highest BCUT2D eigenvalue weighted by atomic mass is 16.6. The molecule has 0 amide bonds. The van der Waals surface area contributed by atoms with E-state index in [4.69, 9.17) is 0 Å². The van der Waals surface area contributed by atoms with Gasteiger partial charge in [0.05, 0.1) is 16.0 Å². The van der Waals surface area contributed by atoms with Crippen LogP contribution >= 0.6 is 0 Å². The topological polar surface area (TPSA) is 76.0 Å². The van der Waals surface area contributed by atoms with Crippen molar-refractivity contribution in [3.05, 3.63) is 50.3 Å². The number of para-hydroxylation sites is 1. The van der Waals surface area contributed by atoms with Gasteiger partial charge in [-0.1, -0.05) is 44.7 Å². The van der Waals surface area contributed by atoms with Gasteiger partial charge in [0, 0.05) is 5.52 Å². The molecular formula is C16H20N2O3. The molecule has 112 valence electrons. The van der Waals surface area contributed by atoms with Crippen molar-refractivity contribution in [1.82, 2.24) is 4.98 Å². The molecule has 1 aromatic carbocycles. The Morgan fingerprint density at radius 3 is 2.57 bits per heavy atom. The molecule has 0 aliphatic heterocycles. The minimum absolute atomic E-state index is 0.302. The number of pyridine rings is 1. The van der Waals surface area contributed by atoms with Crippen LogP contribution in [0.1, 0.15) is 44.7 Å². The van der Waals surface area contributed by atoms with Gasteiger partial charge in [0.15, 0.2) is 0 Å². The lowest BCUT2D eigenvalue weighted by Crippen LogP contribution is -2.13. The second kappa shape index (κ2) is 7.02. The second-order valence-electron chi connectivity index (χ2n) is 5.25. The Labute approximate surface area is 123 Å². The Morgan fingerprint density at radius 1 is 1.14 bits per heavy atom. The van der Waals surface area contributed by atoms with Crippen LogP contribution in [0.4, 0.5) is 5.69 Å². The zero-order valence-electron chi connectivity index (χ0n) is 12.2. The van der Waals surface area contributed by atoms with Gasteiger partial charge in [-0.25, -0.2) is 0 Å². The fourth-order valence-electron chi connectivity index (χ4n) is 2.56. The van der Waals surface area contributed by atoms with Crippen LogP contribution in [0.15, 0.2) is 29.1 Å². The summed E-state index contributed by atoms with van der Waals surface area (Å²) < 4.78 is 0. The first-order chi connectivity index (χ1) is 10.1. The molecule has 2 aromatic rings. The fraction of sp³-hybridized carbons (Fsp3) is 0.438. The summed E-state index contributed by atoms with van der Waals surface area (Å²) in [6, 6.07) is 6.92. The third-order valence-electron chi connectivity index (χ3n) is 3.67. The van der Waals surface area contributed by atoms with Gasteiger partial charge in [-0.15, -0.1) is 0 Å². The second-order valence-corrected chi connectivity index (χ2v) is 5.25. The van der Waals surface area contributed by atoms with Crippen molar-refractivity contribution in [3.63, 3.8) is 0 Å². The summed E-state index contributed by atoms with van der Waals surface area (Å²) in [4.78, 5) is 26.0.